The first-order valence-electron chi connectivity index (χ1n) is 6.48. The van der Waals surface area contributed by atoms with Gasteiger partial charge in [-0.25, -0.2) is 4.98 Å². The quantitative estimate of drug-likeness (QED) is 0.814. The molecule has 1 aliphatic rings. The number of para-hydroxylation sites is 2. The van der Waals surface area contributed by atoms with Gasteiger partial charge in [-0.15, -0.1) is 0 Å². The van der Waals surface area contributed by atoms with Gasteiger partial charge in [0.15, 0.2) is 0 Å². The third-order valence-electron chi connectivity index (χ3n) is 3.97. The molecule has 0 bridgehead atoms. The molecule has 0 spiro atoms. The molecule has 90 valence electrons. The molecule has 0 aliphatic heterocycles. The minimum absolute atomic E-state index is 0.540. The zero-order valence-corrected chi connectivity index (χ0v) is 10.3. The SMILES string of the molecule is CC1CCC(n2c(N)nc3ccccc32)CC1. The second kappa shape index (κ2) is 4.06. The molecule has 1 aromatic heterocycles. The Hall–Kier alpha value is -1.51. The van der Waals surface area contributed by atoms with Crippen molar-refractivity contribution < 1.29 is 0 Å². The van der Waals surface area contributed by atoms with Crippen LogP contribution in [0.5, 0.6) is 0 Å². The lowest BCUT2D eigenvalue weighted by atomic mass is 9.87. The van der Waals surface area contributed by atoms with Gasteiger partial charge in [0, 0.05) is 6.04 Å². The van der Waals surface area contributed by atoms with Gasteiger partial charge < -0.3 is 10.3 Å². The van der Waals surface area contributed by atoms with Gasteiger partial charge in [-0.1, -0.05) is 19.1 Å². The third kappa shape index (κ3) is 1.79. The van der Waals surface area contributed by atoms with Crippen molar-refractivity contribution in [3.63, 3.8) is 0 Å². The Morgan fingerprint density at radius 2 is 1.88 bits per heavy atom. The maximum Gasteiger partial charge on any atom is 0.201 e. The molecule has 3 nitrogen and oxygen atoms in total. The van der Waals surface area contributed by atoms with Crippen LogP contribution in [0.4, 0.5) is 5.95 Å². The molecule has 1 aromatic carbocycles. The fourth-order valence-electron chi connectivity index (χ4n) is 2.95. The second-order valence-corrected chi connectivity index (χ2v) is 5.24. The molecular weight excluding hydrogens is 210 g/mol. The van der Waals surface area contributed by atoms with E-state index in [1.54, 1.807) is 0 Å². The number of nitrogens with zero attached hydrogens (tertiary/aromatic N) is 2. The lowest BCUT2D eigenvalue weighted by Gasteiger charge is -2.28. The second-order valence-electron chi connectivity index (χ2n) is 5.24. The van der Waals surface area contributed by atoms with E-state index in [1.807, 2.05) is 12.1 Å². The zero-order chi connectivity index (χ0) is 11.8. The van der Waals surface area contributed by atoms with Crippen LogP contribution in [0, 0.1) is 5.92 Å². The third-order valence-corrected chi connectivity index (χ3v) is 3.97. The number of rotatable bonds is 1. The van der Waals surface area contributed by atoms with Crippen molar-refractivity contribution in [3.8, 4) is 0 Å². The van der Waals surface area contributed by atoms with Crippen LogP contribution in [0.15, 0.2) is 24.3 Å². The highest BCUT2D eigenvalue weighted by atomic mass is 15.2. The fourth-order valence-corrected chi connectivity index (χ4v) is 2.95. The van der Waals surface area contributed by atoms with Crippen molar-refractivity contribution in [3.05, 3.63) is 24.3 Å². The predicted octanol–water partition coefficient (Wildman–Crippen LogP) is 3.37. The van der Waals surface area contributed by atoms with Gasteiger partial charge in [0.1, 0.15) is 0 Å². The van der Waals surface area contributed by atoms with Crippen LogP contribution >= 0.6 is 0 Å². The van der Waals surface area contributed by atoms with Crippen molar-refractivity contribution in [2.45, 2.75) is 38.6 Å². The van der Waals surface area contributed by atoms with Crippen LogP contribution < -0.4 is 5.73 Å². The van der Waals surface area contributed by atoms with E-state index in [0.29, 0.717) is 12.0 Å². The Balaban J connectivity index is 2.02. The maximum absolute atomic E-state index is 6.07. The summed E-state index contributed by atoms with van der Waals surface area (Å²) in [5, 5.41) is 0. The Morgan fingerprint density at radius 1 is 1.18 bits per heavy atom. The summed E-state index contributed by atoms with van der Waals surface area (Å²) in [6, 6.07) is 8.77. The van der Waals surface area contributed by atoms with E-state index in [4.69, 9.17) is 5.73 Å². The summed E-state index contributed by atoms with van der Waals surface area (Å²) < 4.78 is 2.24. The number of hydrogen-bond donors (Lipinski definition) is 1. The summed E-state index contributed by atoms with van der Waals surface area (Å²) in [4.78, 5) is 4.45. The van der Waals surface area contributed by atoms with Crippen LogP contribution in [-0.2, 0) is 0 Å². The van der Waals surface area contributed by atoms with Gasteiger partial charge in [-0.2, -0.15) is 0 Å². The molecule has 1 saturated carbocycles. The summed E-state index contributed by atoms with van der Waals surface area (Å²) in [5.41, 5.74) is 8.27. The van der Waals surface area contributed by atoms with Crippen LogP contribution in [-0.4, -0.2) is 9.55 Å². The highest BCUT2D eigenvalue weighted by molar-refractivity contribution is 5.78. The molecule has 2 N–H and O–H groups in total. The summed E-state index contributed by atoms with van der Waals surface area (Å²) in [7, 11) is 0. The molecule has 3 heteroatoms. The Bertz CT molecular complexity index is 521. The molecule has 0 radical (unpaired) electrons. The fraction of sp³-hybridized carbons (Fsp3) is 0.500. The Morgan fingerprint density at radius 3 is 2.65 bits per heavy atom. The summed E-state index contributed by atoms with van der Waals surface area (Å²) in [5.74, 6) is 1.54. The van der Waals surface area contributed by atoms with Crippen LogP contribution in [0.1, 0.15) is 38.6 Å². The van der Waals surface area contributed by atoms with E-state index in [0.717, 1.165) is 11.4 Å². The highest BCUT2D eigenvalue weighted by Gasteiger charge is 2.22. The lowest BCUT2D eigenvalue weighted by molar-refractivity contribution is 0.296. The Kier molecular flexibility index (Phi) is 2.54. The summed E-state index contributed by atoms with van der Waals surface area (Å²) in [6.45, 7) is 2.34. The molecule has 1 fully saturated rings. The molecule has 2 aromatic rings. The number of benzene rings is 1. The van der Waals surface area contributed by atoms with Crippen LogP contribution in [0.25, 0.3) is 11.0 Å². The molecule has 0 unspecified atom stereocenters. The number of hydrogen-bond acceptors (Lipinski definition) is 2. The topological polar surface area (TPSA) is 43.8 Å². The minimum atomic E-state index is 0.540. The molecule has 0 atom stereocenters. The average Bonchev–Trinajstić information content (AvgIpc) is 2.66. The molecule has 3 rings (SSSR count). The smallest absolute Gasteiger partial charge is 0.201 e. The minimum Gasteiger partial charge on any atom is -0.369 e. The number of nitrogens with two attached hydrogens (primary N) is 1. The lowest BCUT2D eigenvalue weighted by Crippen LogP contribution is -2.18. The molecule has 1 aliphatic carbocycles. The van der Waals surface area contributed by atoms with Crippen LogP contribution in [0.2, 0.25) is 0 Å². The summed E-state index contributed by atoms with van der Waals surface area (Å²) >= 11 is 0. The first kappa shape index (κ1) is 10.6. The van der Waals surface area contributed by atoms with E-state index >= 15 is 0 Å². The Labute approximate surface area is 102 Å². The molecule has 0 amide bonds. The summed E-state index contributed by atoms with van der Waals surface area (Å²) in [6.07, 6.45) is 5.06. The normalized spacial score (nSPS) is 25.2. The largest absolute Gasteiger partial charge is 0.369 e. The van der Waals surface area contributed by atoms with Gasteiger partial charge in [-0.05, 0) is 43.7 Å². The van der Waals surface area contributed by atoms with Crippen molar-refractivity contribution in [1.29, 1.82) is 0 Å². The number of anilines is 1. The van der Waals surface area contributed by atoms with Gasteiger partial charge in [0.25, 0.3) is 0 Å². The van der Waals surface area contributed by atoms with E-state index in [9.17, 15) is 0 Å². The maximum atomic E-state index is 6.07. The predicted molar refractivity (Wildman–Crippen MR) is 70.8 cm³/mol. The van der Waals surface area contributed by atoms with E-state index in [1.165, 1.54) is 31.2 Å². The van der Waals surface area contributed by atoms with E-state index in [2.05, 4.69) is 28.6 Å². The number of aromatic nitrogens is 2. The van der Waals surface area contributed by atoms with Crippen molar-refractivity contribution in [1.82, 2.24) is 9.55 Å². The highest BCUT2D eigenvalue weighted by Crippen LogP contribution is 2.35. The van der Waals surface area contributed by atoms with Gasteiger partial charge in [0.05, 0.1) is 11.0 Å². The van der Waals surface area contributed by atoms with Gasteiger partial charge in [-0.3, -0.25) is 0 Å². The monoisotopic (exact) mass is 229 g/mol. The first-order valence-corrected chi connectivity index (χ1v) is 6.48. The molecule has 1 heterocycles. The number of fused-ring (bicyclic) bond motifs is 1. The van der Waals surface area contributed by atoms with E-state index in [-0.39, 0.29) is 0 Å². The van der Waals surface area contributed by atoms with Crippen molar-refractivity contribution in [2.24, 2.45) is 5.92 Å². The van der Waals surface area contributed by atoms with E-state index < -0.39 is 0 Å². The van der Waals surface area contributed by atoms with Gasteiger partial charge >= 0.3 is 0 Å². The zero-order valence-electron chi connectivity index (χ0n) is 10.3. The number of nitrogen functional groups attached to an aromatic ring is 1. The van der Waals surface area contributed by atoms with Crippen molar-refractivity contribution >= 4 is 17.0 Å². The molecular formula is C14H19N3. The first-order chi connectivity index (χ1) is 8.25. The van der Waals surface area contributed by atoms with Crippen molar-refractivity contribution in [2.75, 3.05) is 5.73 Å². The average molecular weight is 229 g/mol. The number of imidazole rings is 1. The van der Waals surface area contributed by atoms with Crippen LogP contribution in [0.3, 0.4) is 0 Å². The standard InChI is InChI=1S/C14H19N3/c1-10-6-8-11(9-7-10)17-13-5-3-2-4-12(13)16-14(17)15/h2-5,10-11H,6-9H2,1H3,(H2,15,16). The molecule has 0 saturated heterocycles. The molecule has 17 heavy (non-hydrogen) atoms. The van der Waals surface area contributed by atoms with Gasteiger partial charge in [0.2, 0.25) is 5.95 Å².